The average molecular weight is 545 g/mol. The van der Waals surface area contributed by atoms with Crippen molar-refractivity contribution in [2.24, 2.45) is 5.92 Å². The summed E-state index contributed by atoms with van der Waals surface area (Å²) in [6.07, 6.45) is -3.12. The maximum absolute atomic E-state index is 13.8. The van der Waals surface area contributed by atoms with Crippen LogP contribution >= 0.6 is 23.5 Å². The number of aromatic nitrogens is 2. The fourth-order valence-corrected chi connectivity index (χ4v) is 6.12. The van der Waals surface area contributed by atoms with Gasteiger partial charge in [0.25, 0.3) is 0 Å². The summed E-state index contributed by atoms with van der Waals surface area (Å²) in [5.74, 6) is -1.79. The number of nitrogens with two attached hydrogens (primary N) is 1. The lowest BCUT2D eigenvalue weighted by Gasteiger charge is -2.31. The predicted octanol–water partition coefficient (Wildman–Crippen LogP) is -0.257. The number of nitrogens with zero attached hydrogens (tertiary/aromatic N) is 2. The van der Waals surface area contributed by atoms with Gasteiger partial charge in [-0.1, -0.05) is 0 Å². The van der Waals surface area contributed by atoms with E-state index in [9.17, 15) is 37.3 Å². The number of phosphoric acid groups is 3. The zero-order chi connectivity index (χ0) is 25.2. The van der Waals surface area contributed by atoms with Gasteiger partial charge in [-0.05, 0) is 6.07 Å². The van der Waals surface area contributed by atoms with Crippen LogP contribution in [0.3, 0.4) is 0 Å². The minimum Gasteiger partial charge on any atom is -0.386 e. The zero-order valence-corrected chi connectivity index (χ0v) is 19.0. The molecule has 21 heteroatoms. The number of anilines is 1. The normalized spacial score (nSPS) is 29.5. The molecule has 1 aromatic heterocycles. The molecule has 16 nitrogen and oxygen atoms in total. The third-order valence-electron chi connectivity index (χ3n) is 4.44. The number of phosphoric ester groups is 1. The molecule has 1 aromatic rings. The third-order valence-corrected chi connectivity index (χ3v) is 8.24. The minimum absolute atomic E-state index is 0.186. The molecule has 0 spiro atoms. The molecular weight excluding hydrogens is 525 g/mol. The van der Waals surface area contributed by atoms with Gasteiger partial charge in [-0.25, -0.2) is 18.5 Å². The molecule has 1 aliphatic rings. The molecule has 0 saturated carbocycles. The molecule has 1 saturated heterocycles. The molecule has 0 bridgehead atoms. The summed E-state index contributed by atoms with van der Waals surface area (Å²) in [4.78, 5) is 51.3. The fourth-order valence-electron chi connectivity index (χ4n) is 3.10. The summed E-state index contributed by atoms with van der Waals surface area (Å²) < 4.78 is 78.5. The van der Waals surface area contributed by atoms with Gasteiger partial charge in [0.1, 0.15) is 23.8 Å². The Labute approximate surface area is 183 Å². The highest BCUT2D eigenvalue weighted by Crippen LogP contribution is 2.66. The molecule has 1 aliphatic heterocycles. The van der Waals surface area contributed by atoms with E-state index in [-0.39, 0.29) is 5.82 Å². The van der Waals surface area contributed by atoms with Gasteiger partial charge in [-0.3, -0.25) is 17.9 Å². The monoisotopic (exact) mass is 545 g/mol. The van der Waals surface area contributed by atoms with E-state index in [4.69, 9.17) is 25.2 Å². The number of ether oxygens (including phenoxy) is 1. The number of alkyl halides is 2. The highest BCUT2D eigenvalue weighted by Gasteiger charge is 2.57. The molecule has 33 heavy (non-hydrogen) atoms. The van der Waals surface area contributed by atoms with Crippen molar-refractivity contribution >= 4 is 29.3 Å². The van der Waals surface area contributed by atoms with Gasteiger partial charge in [0.05, 0.1) is 25.9 Å². The second-order valence-corrected chi connectivity index (χ2v) is 11.1. The van der Waals surface area contributed by atoms with E-state index in [0.717, 1.165) is 16.8 Å². The highest BCUT2D eigenvalue weighted by atomic mass is 31.3. The lowest BCUT2D eigenvalue weighted by atomic mass is 9.82. The molecule has 2 rings (SSSR count). The van der Waals surface area contributed by atoms with E-state index in [1.54, 1.807) is 0 Å². The van der Waals surface area contributed by atoms with Crippen molar-refractivity contribution in [3.63, 3.8) is 0 Å². The second kappa shape index (κ2) is 10.2. The Morgan fingerprint density at radius 1 is 1.18 bits per heavy atom. The Kier molecular flexibility index (Phi) is 8.72. The fraction of sp³-hybridized carbons (Fsp3) is 0.667. The molecule has 0 amide bonds. The second-order valence-electron chi connectivity index (χ2n) is 6.64. The summed E-state index contributed by atoms with van der Waals surface area (Å²) >= 11 is 0. The van der Waals surface area contributed by atoms with Crippen LogP contribution in [0.25, 0.3) is 0 Å². The smallest absolute Gasteiger partial charge is 0.386 e. The quantitative estimate of drug-likeness (QED) is 0.196. The largest absolute Gasteiger partial charge is 0.490 e. The van der Waals surface area contributed by atoms with Crippen LogP contribution in [0.15, 0.2) is 17.1 Å². The number of aliphatic hydroxyl groups is 1. The SMILES string of the molecule is Nc1ccn([C@@H]2O[C@H](COP(=O)(O)OP(=O)(O)OP(=O)(O)O)[C@](O)(CCF)[C@@H]2CF)c(=O)n1. The van der Waals surface area contributed by atoms with E-state index < -0.39 is 79.4 Å². The Hall–Kier alpha value is -1.13. The van der Waals surface area contributed by atoms with Crippen LogP contribution in [0.4, 0.5) is 14.6 Å². The van der Waals surface area contributed by atoms with Gasteiger partial charge in [-0.2, -0.15) is 13.6 Å². The molecule has 0 radical (unpaired) electrons. The standard InChI is InChI=1S/C12H20F2N3O13P3/c13-3-2-12(19)7(5-14)10(17-4-1-9(15)16-11(17)18)28-8(12)6-27-32(23,24)30-33(25,26)29-31(20,21)22/h1,4,7-8,10,19H,2-3,5-6H2,(H,23,24)(H,25,26)(H2,15,16,18)(H2,20,21,22)/t7-,8-,10-,12+/m1/s1. The van der Waals surface area contributed by atoms with Gasteiger partial charge < -0.3 is 35.2 Å². The molecule has 2 unspecified atom stereocenters. The number of halogens is 2. The van der Waals surface area contributed by atoms with Crippen molar-refractivity contribution in [2.75, 3.05) is 25.7 Å². The van der Waals surface area contributed by atoms with Crippen LogP contribution in [-0.2, 0) is 31.6 Å². The molecule has 6 atom stereocenters. The maximum atomic E-state index is 13.8. The number of nitrogen functional groups attached to an aromatic ring is 1. The summed E-state index contributed by atoms with van der Waals surface area (Å²) in [6.45, 7) is -3.77. The minimum atomic E-state index is -5.82. The van der Waals surface area contributed by atoms with Crippen LogP contribution in [0, 0.1) is 5.92 Å². The van der Waals surface area contributed by atoms with Crippen molar-refractivity contribution < 1.29 is 65.0 Å². The first kappa shape index (κ1) is 28.1. The molecule has 190 valence electrons. The van der Waals surface area contributed by atoms with Crippen LogP contribution in [-0.4, -0.2) is 65.9 Å². The Morgan fingerprint density at radius 3 is 2.33 bits per heavy atom. The van der Waals surface area contributed by atoms with E-state index in [1.807, 2.05) is 0 Å². The summed E-state index contributed by atoms with van der Waals surface area (Å²) in [5, 5.41) is 10.9. The first-order valence-electron chi connectivity index (χ1n) is 8.66. The molecule has 7 N–H and O–H groups in total. The Morgan fingerprint density at radius 2 is 1.82 bits per heavy atom. The predicted molar refractivity (Wildman–Crippen MR) is 102 cm³/mol. The maximum Gasteiger partial charge on any atom is 0.490 e. The molecule has 0 aromatic carbocycles. The number of hydrogen-bond donors (Lipinski definition) is 6. The van der Waals surface area contributed by atoms with E-state index >= 15 is 0 Å². The van der Waals surface area contributed by atoms with Crippen molar-refractivity contribution in [1.82, 2.24) is 9.55 Å². The first-order chi connectivity index (χ1) is 15.0. The van der Waals surface area contributed by atoms with Crippen LogP contribution in [0.5, 0.6) is 0 Å². The number of hydrogen-bond acceptors (Lipinski definition) is 11. The van der Waals surface area contributed by atoms with E-state index in [2.05, 4.69) is 18.1 Å². The lowest BCUT2D eigenvalue weighted by Crippen LogP contribution is -2.47. The van der Waals surface area contributed by atoms with Crippen molar-refractivity contribution in [1.29, 1.82) is 0 Å². The molecule has 2 heterocycles. The Bertz CT molecular complexity index is 1050. The first-order valence-corrected chi connectivity index (χ1v) is 13.2. The number of rotatable bonds is 11. The van der Waals surface area contributed by atoms with Crippen LogP contribution in [0.1, 0.15) is 12.6 Å². The van der Waals surface area contributed by atoms with Gasteiger partial charge in [0.2, 0.25) is 0 Å². The average Bonchev–Trinajstić information content (AvgIpc) is 2.88. The molecule has 1 fully saturated rings. The van der Waals surface area contributed by atoms with E-state index in [1.165, 1.54) is 0 Å². The van der Waals surface area contributed by atoms with Crippen molar-refractivity contribution in [3.05, 3.63) is 22.7 Å². The summed E-state index contributed by atoms with van der Waals surface area (Å²) in [5.41, 5.74) is 1.94. The third kappa shape index (κ3) is 7.18. The van der Waals surface area contributed by atoms with Gasteiger partial charge in [0.15, 0.2) is 0 Å². The summed E-state index contributed by atoms with van der Waals surface area (Å²) in [6, 6.07) is 1.15. The Balaban J connectivity index is 2.27. The molecular formula is C12H20F2N3O13P3. The van der Waals surface area contributed by atoms with Crippen LogP contribution in [0.2, 0.25) is 0 Å². The van der Waals surface area contributed by atoms with Crippen molar-refractivity contribution in [3.8, 4) is 0 Å². The zero-order valence-electron chi connectivity index (χ0n) is 16.3. The van der Waals surface area contributed by atoms with Gasteiger partial charge in [0, 0.05) is 12.6 Å². The molecule has 0 aliphatic carbocycles. The topological polar surface area (TPSA) is 250 Å². The van der Waals surface area contributed by atoms with Crippen LogP contribution < -0.4 is 11.4 Å². The van der Waals surface area contributed by atoms with Gasteiger partial charge in [-0.15, -0.1) is 0 Å². The lowest BCUT2D eigenvalue weighted by molar-refractivity contribution is -0.0890. The van der Waals surface area contributed by atoms with E-state index in [0.29, 0.717) is 0 Å². The highest BCUT2D eigenvalue weighted by molar-refractivity contribution is 7.66. The van der Waals surface area contributed by atoms with Gasteiger partial charge >= 0.3 is 29.2 Å². The van der Waals surface area contributed by atoms with Crippen molar-refractivity contribution in [2.45, 2.75) is 24.4 Å². The summed E-state index contributed by atoms with van der Waals surface area (Å²) in [7, 11) is -17.1.